The largest absolute Gasteiger partial charge is 0.508 e. The summed E-state index contributed by atoms with van der Waals surface area (Å²) in [6, 6.07) is 5.64. The van der Waals surface area contributed by atoms with Gasteiger partial charge in [-0.25, -0.2) is 10.9 Å². The van der Waals surface area contributed by atoms with Gasteiger partial charge in [0.05, 0.1) is 0 Å². The molecule has 3 N–H and O–H groups in total. The Hall–Kier alpha value is -1.88. The molecular weight excluding hydrogens is 256 g/mol. The summed E-state index contributed by atoms with van der Waals surface area (Å²) in [6.07, 6.45) is 5.41. The van der Waals surface area contributed by atoms with E-state index >= 15 is 0 Å². The Morgan fingerprint density at radius 1 is 1.10 bits per heavy atom. The standard InChI is InChI=1S/C15H22N2O3/c1-2-3-4-5-6-7-14(19)17(16)15(20)12-8-10-13(18)11-9-12/h8-11,18H,2-7,16H2,1H3. The van der Waals surface area contributed by atoms with Crippen LogP contribution in [0, 0.1) is 0 Å². The average molecular weight is 278 g/mol. The second-order valence-corrected chi connectivity index (χ2v) is 4.78. The Morgan fingerprint density at radius 2 is 1.70 bits per heavy atom. The number of imide groups is 1. The number of benzene rings is 1. The third-order valence-corrected chi connectivity index (χ3v) is 3.10. The van der Waals surface area contributed by atoms with Crippen LogP contribution >= 0.6 is 0 Å². The first kappa shape index (κ1) is 16.2. The van der Waals surface area contributed by atoms with Crippen molar-refractivity contribution >= 4 is 11.8 Å². The molecule has 0 heterocycles. The third-order valence-electron chi connectivity index (χ3n) is 3.10. The van der Waals surface area contributed by atoms with E-state index in [1.807, 2.05) is 0 Å². The van der Waals surface area contributed by atoms with Gasteiger partial charge in [0.2, 0.25) is 5.91 Å². The lowest BCUT2D eigenvalue weighted by Gasteiger charge is -2.14. The minimum absolute atomic E-state index is 0.0624. The molecule has 1 rings (SSSR count). The molecule has 0 saturated heterocycles. The summed E-state index contributed by atoms with van der Waals surface area (Å²) in [7, 11) is 0. The van der Waals surface area contributed by atoms with Crippen LogP contribution in [-0.4, -0.2) is 21.9 Å². The van der Waals surface area contributed by atoms with Crippen molar-refractivity contribution in [3.63, 3.8) is 0 Å². The van der Waals surface area contributed by atoms with Crippen LogP contribution < -0.4 is 5.84 Å². The quantitative estimate of drug-likeness (QED) is 0.347. The molecule has 2 amide bonds. The number of phenolic OH excluding ortho intramolecular Hbond substituents is 1. The maximum atomic E-state index is 11.9. The fourth-order valence-corrected chi connectivity index (χ4v) is 1.86. The molecule has 5 heteroatoms. The Labute approximate surface area is 119 Å². The number of unbranched alkanes of at least 4 members (excludes halogenated alkanes) is 4. The SMILES string of the molecule is CCCCCCCC(=O)N(N)C(=O)c1ccc(O)cc1. The van der Waals surface area contributed by atoms with Gasteiger partial charge in [-0.3, -0.25) is 9.59 Å². The fraction of sp³-hybridized carbons (Fsp3) is 0.467. The summed E-state index contributed by atoms with van der Waals surface area (Å²) in [6.45, 7) is 2.13. The van der Waals surface area contributed by atoms with Gasteiger partial charge >= 0.3 is 0 Å². The number of carbonyl (C=O) groups excluding carboxylic acids is 2. The van der Waals surface area contributed by atoms with E-state index in [-0.39, 0.29) is 23.6 Å². The number of carbonyl (C=O) groups is 2. The second-order valence-electron chi connectivity index (χ2n) is 4.78. The van der Waals surface area contributed by atoms with E-state index in [1.165, 1.54) is 24.3 Å². The Kier molecular flexibility index (Phi) is 6.73. The normalized spacial score (nSPS) is 10.3. The van der Waals surface area contributed by atoms with Gasteiger partial charge in [-0.05, 0) is 30.7 Å². The van der Waals surface area contributed by atoms with E-state index in [2.05, 4.69) is 6.92 Å². The van der Waals surface area contributed by atoms with Crippen molar-refractivity contribution in [3.8, 4) is 5.75 Å². The molecule has 0 radical (unpaired) electrons. The highest BCUT2D eigenvalue weighted by Crippen LogP contribution is 2.12. The average Bonchev–Trinajstić information content (AvgIpc) is 2.46. The summed E-state index contributed by atoms with van der Waals surface area (Å²) in [4.78, 5) is 23.7. The molecule has 0 spiro atoms. The Balaban J connectivity index is 2.43. The molecule has 0 bridgehead atoms. The summed E-state index contributed by atoms with van der Waals surface area (Å²) < 4.78 is 0. The van der Waals surface area contributed by atoms with Crippen molar-refractivity contribution in [2.45, 2.75) is 45.4 Å². The van der Waals surface area contributed by atoms with Crippen LogP contribution in [0.2, 0.25) is 0 Å². The topological polar surface area (TPSA) is 83.6 Å². The van der Waals surface area contributed by atoms with Gasteiger partial charge in [-0.2, -0.15) is 0 Å². The van der Waals surface area contributed by atoms with Gasteiger partial charge in [-0.15, -0.1) is 0 Å². The van der Waals surface area contributed by atoms with E-state index < -0.39 is 5.91 Å². The summed E-state index contributed by atoms with van der Waals surface area (Å²) in [5.41, 5.74) is 0.282. The number of amides is 2. The molecule has 0 fully saturated rings. The maximum Gasteiger partial charge on any atom is 0.274 e. The van der Waals surface area contributed by atoms with Crippen molar-refractivity contribution < 1.29 is 14.7 Å². The monoisotopic (exact) mass is 278 g/mol. The molecule has 1 aromatic carbocycles. The molecule has 0 aliphatic heterocycles. The molecular formula is C15H22N2O3. The highest BCUT2D eigenvalue weighted by molar-refractivity contribution is 6.04. The van der Waals surface area contributed by atoms with Crippen LogP contribution in [-0.2, 0) is 4.79 Å². The number of hydrazine groups is 1. The van der Waals surface area contributed by atoms with Crippen LogP contribution in [0.5, 0.6) is 5.75 Å². The van der Waals surface area contributed by atoms with Crippen LogP contribution in [0.15, 0.2) is 24.3 Å². The molecule has 0 atom stereocenters. The number of nitrogens with two attached hydrogens (primary N) is 1. The van der Waals surface area contributed by atoms with E-state index in [0.717, 1.165) is 32.1 Å². The zero-order valence-electron chi connectivity index (χ0n) is 11.8. The minimum Gasteiger partial charge on any atom is -0.508 e. The molecule has 20 heavy (non-hydrogen) atoms. The predicted octanol–water partition coefficient (Wildman–Crippen LogP) is 2.60. The summed E-state index contributed by atoms with van der Waals surface area (Å²) in [5, 5.41) is 9.81. The van der Waals surface area contributed by atoms with Gasteiger partial charge in [0.25, 0.3) is 5.91 Å². The zero-order chi connectivity index (χ0) is 15.0. The minimum atomic E-state index is -0.552. The van der Waals surface area contributed by atoms with Crippen molar-refractivity contribution in [2.24, 2.45) is 5.84 Å². The highest BCUT2D eigenvalue weighted by Gasteiger charge is 2.18. The molecule has 0 saturated carbocycles. The van der Waals surface area contributed by atoms with Crippen LogP contribution in [0.3, 0.4) is 0 Å². The first-order valence-electron chi connectivity index (χ1n) is 6.97. The smallest absolute Gasteiger partial charge is 0.274 e. The lowest BCUT2D eigenvalue weighted by molar-refractivity contribution is -0.129. The number of phenols is 1. The lowest BCUT2D eigenvalue weighted by Crippen LogP contribution is -2.42. The maximum absolute atomic E-state index is 11.9. The van der Waals surface area contributed by atoms with Gasteiger partial charge in [0, 0.05) is 12.0 Å². The van der Waals surface area contributed by atoms with E-state index in [0.29, 0.717) is 5.01 Å². The number of hydrogen-bond donors (Lipinski definition) is 2. The Bertz CT molecular complexity index is 443. The first-order valence-corrected chi connectivity index (χ1v) is 6.97. The van der Waals surface area contributed by atoms with E-state index in [1.54, 1.807) is 0 Å². The molecule has 1 aromatic rings. The molecule has 0 unspecified atom stereocenters. The van der Waals surface area contributed by atoms with Gasteiger partial charge in [0.1, 0.15) is 5.75 Å². The predicted molar refractivity (Wildman–Crippen MR) is 76.8 cm³/mol. The van der Waals surface area contributed by atoms with Crippen molar-refractivity contribution in [2.75, 3.05) is 0 Å². The zero-order valence-corrected chi connectivity index (χ0v) is 11.8. The molecule has 0 aromatic heterocycles. The second kappa shape index (κ2) is 8.32. The summed E-state index contributed by atoms with van der Waals surface area (Å²) >= 11 is 0. The third kappa shape index (κ3) is 5.01. The van der Waals surface area contributed by atoms with Crippen LogP contribution in [0.1, 0.15) is 55.8 Å². The number of hydrogen-bond acceptors (Lipinski definition) is 4. The van der Waals surface area contributed by atoms with E-state index in [4.69, 9.17) is 10.9 Å². The first-order chi connectivity index (χ1) is 9.56. The van der Waals surface area contributed by atoms with Crippen molar-refractivity contribution in [3.05, 3.63) is 29.8 Å². The number of aromatic hydroxyl groups is 1. The van der Waals surface area contributed by atoms with Crippen molar-refractivity contribution in [1.29, 1.82) is 0 Å². The van der Waals surface area contributed by atoms with Crippen molar-refractivity contribution in [1.82, 2.24) is 5.01 Å². The molecule has 0 aliphatic carbocycles. The molecule has 5 nitrogen and oxygen atoms in total. The lowest BCUT2D eigenvalue weighted by atomic mass is 10.1. The van der Waals surface area contributed by atoms with Crippen LogP contribution in [0.25, 0.3) is 0 Å². The highest BCUT2D eigenvalue weighted by atomic mass is 16.3. The number of rotatable bonds is 7. The van der Waals surface area contributed by atoms with Gasteiger partial charge in [0.15, 0.2) is 0 Å². The van der Waals surface area contributed by atoms with Gasteiger partial charge in [-0.1, -0.05) is 32.6 Å². The Morgan fingerprint density at radius 3 is 2.30 bits per heavy atom. The number of nitrogens with zero attached hydrogens (tertiary/aromatic N) is 1. The fourth-order valence-electron chi connectivity index (χ4n) is 1.86. The van der Waals surface area contributed by atoms with Gasteiger partial charge < -0.3 is 5.11 Å². The summed E-state index contributed by atoms with van der Waals surface area (Å²) in [5.74, 6) is 4.68. The molecule has 0 aliphatic rings. The molecule has 110 valence electrons. The van der Waals surface area contributed by atoms with Crippen LogP contribution in [0.4, 0.5) is 0 Å². The van der Waals surface area contributed by atoms with E-state index in [9.17, 15) is 9.59 Å².